The molecule has 5 heteroatoms. The summed E-state index contributed by atoms with van der Waals surface area (Å²) in [5.74, 6) is 0.00860. The summed E-state index contributed by atoms with van der Waals surface area (Å²) < 4.78 is 5.59. The van der Waals surface area contributed by atoms with Crippen LogP contribution in [0.2, 0.25) is 0 Å². The fraction of sp³-hybridized carbons (Fsp3) is 0.846. The van der Waals surface area contributed by atoms with Gasteiger partial charge in [0.05, 0.1) is 12.0 Å². The molecule has 1 rings (SSSR count). The quantitative estimate of drug-likeness (QED) is 0.489. The maximum atomic E-state index is 12.2. The Labute approximate surface area is 123 Å². The Balaban J connectivity index is 2.83. The van der Waals surface area contributed by atoms with Crippen LogP contribution in [0.25, 0.3) is 0 Å². The number of piperidine rings is 1. The first-order chi connectivity index (χ1) is 8.17. The molecule has 1 saturated heterocycles. The summed E-state index contributed by atoms with van der Waals surface area (Å²) in [5.41, 5.74) is -0.483. The summed E-state index contributed by atoms with van der Waals surface area (Å²) in [4.78, 5) is 14.0. The summed E-state index contributed by atoms with van der Waals surface area (Å²) in [6, 6.07) is 2.40. The standard InChI is InChI=1S/C13H21IN2O2/c1-8-6-10(7-15)11(14)9(2)16(8)12(17)18-13(3,4)5/h8-11H,6H2,1-5H3. The lowest BCUT2D eigenvalue weighted by molar-refractivity contribution is -0.00145. The van der Waals surface area contributed by atoms with Crippen molar-refractivity contribution in [2.24, 2.45) is 5.92 Å². The minimum Gasteiger partial charge on any atom is -0.444 e. The van der Waals surface area contributed by atoms with Crippen molar-refractivity contribution in [2.45, 2.75) is 62.6 Å². The van der Waals surface area contributed by atoms with Crippen LogP contribution < -0.4 is 0 Å². The topological polar surface area (TPSA) is 53.3 Å². The van der Waals surface area contributed by atoms with Gasteiger partial charge < -0.3 is 9.64 Å². The summed E-state index contributed by atoms with van der Waals surface area (Å²) in [6.07, 6.45) is 0.439. The molecule has 0 aromatic rings. The van der Waals surface area contributed by atoms with E-state index in [1.54, 1.807) is 4.90 Å². The number of carbonyl (C=O) groups excluding carboxylic acids is 1. The molecule has 1 amide bonds. The highest BCUT2D eigenvalue weighted by atomic mass is 127. The Hall–Kier alpha value is -0.510. The van der Waals surface area contributed by atoms with Gasteiger partial charge in [-0.15, -0.1) is 0 Å². The predicted octanol–water partition coefficient (Wildman–Crippen LogP) is 3.35. The predicted molar refractivity (Wildman–Crippen MR) is 78.5 cm³/mol. The van der Waals surface area contributed by atoms with Crippen molar-refractivity contribution in [1.29, 1.82) is 5.26 Å². The number of amides is 1. The fourth-order valence-electron chi connectivity index (χ4n) is 2.29. The van der Waals surface area contributed by atoms with Gasteiger partial charge >= 0.3 is 6.09 Å². The van der Waals surface area contributed by atoms with E-state index in [1.165, 1.54) is 0 Å². The van der Waals surface area contributed by atoms with Crippen LogP contribution in [0.15, 0.2) is 0 Å². The lowest BCUT2D eigenvalue weighted by Crippen LogP contribution is -2.56. The molecular weight excluding hydrogens is 343 g/mol. The Morgan fingerprint density at radius 1 is 1.44 bits per heavy atom. The molecule has 102 valence electrons. The van der Waals surface area contributed by atoms with Crippen LogP contribution in [0.4, 0.5) is 4.79 Å². The number of likely N-dealkylation sites (tertiary alicyclic amines) is 1. The molecule has 0 spiro atoms. The molecule has 0 aromatic carbocycles. The van der Waals surface area contributed by atoms with Crippen molar-refractivity contribution in [3.05, 3.63) is 0 Å². The highest BCUT2D eigenvalue weighted by Gasteiger charge is 2.41. The summed E-state index contributed by atoms with van der Waals surface area (Å²) in [5, 5.41) is 9.12. The van der Waals surface area contributed by atoms with Crippen molar-refractivity contribution in [3.8, 4) is 6.07 Å². The second kappa shape index (κ2) is 5.64. The van der Waals surface area contributed by atoms with Gasteiger partial charge in [-0.1, -0.05) is 22.6 Å². The molecule has 18 heavy (non-hydrogen) atoms. The van der Waals surface area contributed by atoms with Gasteiger partial charge in [0.25, 0.3) is 0 Å². The van der Waals surface area contributed by atoms with Crippen LogP contribution in [0.5, 0.6) is 0 Å². The van der Waals surface area contributed by atoms with E-state index in [4.69, 9.17) is 10.00 Å². The normalized spacial score (nSPS) is 32.8. The number of alkyl halides is 1. The second-order valence-corrected chi connectivity index (χ2v) is 7.33. The van der Waals surface area contributed by atoms with Crippen molar-refractivity contribution < 1.29 is 9.53 Å². The zero-order valence-corrected chi connectivity index (χ0v) is 13.8. The van der Waals surface area contributed by atoms with Crippen LogP contribution in [0.3, 0.4) is 0 Å². The highest BCUT2D eigenvalue weighted by Crippen LogP contribution is 2.33. The minimum absolute atomic E-state index is 0.00860. The maximum Gasteiger partial charge on any atom is 0.410 e. The monoisotopic (exact) mass is 364 g/mol. The van der Waals surface area contributed by atoms with Gasteiger partial charge in [-0.05, 0) is 41.0 Å². The molecule has 0 aromatic heterocycles. The van der Waals surface area contributed by atoms with E-state index in [9.17, 15) is 4.79 Å². The van der Waals surface area contributed by atoms with Crippen molar-refractivity contribution >= 4 is 28.7 Å². The number of rotatable bonds is 0. The highest BCUT2D eigenvalue weighted by molar-refractivity contribution is 14.1. The number of nitrogens with zero attached hydrogens (tertiary/aromatic N) is 2. The van der Waals surface area contributed by atoms with Gasteiger partial charge in [0.2, 0.25) is 0 Å². The minimum atomic E-state index is -0.483. The summed E-state index contributed by atoms with van der Waals surface area (Å²) in [7, 11) is 0. The maximum absolute atomic E-state index is 12.2. The van der Waals surface area contributed by atoms with Crippen LogP contribution in [-0.4, -0.2) is 32.6 Å². The first-order valence-electron chi connectivity index (χ1n) is 6.22. The fourth-order valence-corrected chi connectivity index (χ4v) is 3.09. The Morgan fingerprint density at radius 2 is 2.00 bits per heavy atom. The van der Waals surface area contributed by atoms with E-state index >= 15 is 0 Å². The van der Waals surface area contributed by atoms with Gasteiger partial charge in [-0.3, -0.25) is 0 Å². The molecule has 0 aliphatic carbocycles. The first kappa shape index (κ1) is 15.5. The van der Waals surface area contributed by atoms with E-state index in [2.05, 4.69) is 28.7 Å². The number of hydrogen-bond donors (Lipinski definition) is 0. The molecule has 0 N–H and O–H groups in total. The smallest absolute Gasteiger partial charge is 0.410 e. The molecule has 0 radical (unpaired) electrons. The SMILES string of the molecule is CC1CC(C#N)C(I)C(C)N1C(=O)OC(C)(C)C. The third kappa shape index (κ3) is 3.50. The lowest BCUT2D eigenvalue weighted by Gasteiger charge is -2.44. The third-order valence-electron chi connectivity index (χ3n) is 3.12. The molecular formula is C13H21IN2O2. The van der Waals surface area contributed by atoms with Gasteiger partial charge in [0.15, 0.2) is 0 Å². The van der Waals surface area contributed by atoms with Gasteiger partial charge in [-0.25, -0.2) is 4.79 Å². The van der Waals surface area contributed by atoms with Gasteiger partial charge in [0, 0.05) is 16.0 Å². The summed E-state index contributed by atoms with van der Waals surface area (Å²) >= 11 is 2.27. The zero-order chi connectivity index (χ0) is 14.1. The van der Waals surface area contributed by atoms with E-state index in [1.807, 2.05) is 34.6 Å². The number of halogens is 1. The molecule has 4 atom stereocenters. The molecule has 0 saturated carbocycles. The van der Waals surface area contributed by atoms with E-state index in [0.717, 1.165) is 0 Å². The Bertz CT molecular complexity index is 359. The first-order valence-corrected chi connectivity index (χ1v) is 7.47. The number of nitriles is 1. The third-order valence-corrected chi connectivity index (χ3v) is 5.03. The number of hydrogen-bond acceptors (Lipinski definition) is 3. The molecule has 1 aliphatic heterocycles. The zero-order valence-electron chi connectivity index (χ0n) is 11.6. The average Bonchev–Trinajstić information content (AvgIpc) is 2.20. The van der Waals surface area contributed by atoms with Crippen molar-refractivity contribution in [3.63, 3.8) is 0 Å². The molecule has 4 nitrogen and oxygen atoms in total. The molecule has 4 unspecified atom stereocenters. The Kier molecular flexibility index (Phi) is 4.87. The van der Waals surface area contributed by atoms with E-state index < -0.39 is 5.60 Å². The van der Waals surface area contributed by atoms with Crippen LogP contribution in [0, 0.1) is 17.2 Å². The molecule has 0 bridgehead atoms. The lowest BCUT2D eigenvalue weighted by atomic mass is 9.88. The van der Waals surface area contributed by atoms with Gasteiger partial charge in [0.1, 0.15) is 5.60 Å². The average molecular weight is 364 g/mol. The van der Waals surface area contributed by atoms with E-state index in [0.29, 0.717) is 6.42 Å². The number of ether oxygens (including phenoxy) is 1. The molecule has 1 heterocycles. The van der Waals surface area contributed by atoms with Crippen molar-refractivity contribution in [1.82, 2.24) is 4.90 Å². The van der Waals surface area contributed by atoms with E-state index in [-0.39, 0.29) is 28.0 Å². The number of carbonyl (C=O) groups is 1. The van der Waals surface area contributed by atoms with Crippen molar-refractivity contribution in [2.75, 3.05) is 0 Å². The Morgan fingerprint density at radius 3 is 2.44 bits per heavy atom. The second-order valence-electron chi connectivity index (χ2n) is 5.89. The molecule has 1 aliphatic rings. The van der Waals surface area contributed by atoms with Crippen LogP contribution in [0.1, 0.15) is 41.0 Å². The van der Waals surface area contributed by atoms with Crippen LogP contribution >= 0.6 is 22.6 Å². The van der Waals surface area contributed by atoms with Crippen LogP contribution in [-0.2, 0) is 4.74 Å². The largest absolute Gasteiger partial charge is 0.444 e. The summed E-state index contributed by atoms with van der Waals surface area (Å²) in [6.45, 7) is 9.56. The van der Waals surface area contributed by atoms with Gasteiger partial charge in [-0.2, -0.15) is 5.26 Å². The molecule has 1 fully saturated rings.